The molecule has 0 fully saturated rings. The SMILES string of the molecule is CCCC(C(C)(C)CCN)C(C)(C)C(C)C. The van der Waals surface area contributed by atoms with Crippen LogP contribution in [0.2, 0.25) is 0 Å². The van der Waals surface area contributed by atoms with Crippen LogP contribution in [0.1, 0.15) is 67.7 Å². The number of rotatable bonds is 7. The number of nitrogens with two attached hydrogens (primary N) is 1. The number of hydrogen-bond donors (Lipinski definition) is 1. The van der Waals surface area contributed by atoms with Gasteiger partial charge in [-0.15, -0.1) is 0 Å². The smallest absolute Gasteiger partial charge is 0.00721 e. The van der Waals surface area contributed by atoms with E-state index < -0.39 is 0 Å². The first-order valence-electron chi connectivity index (χ1n) is 6.90. The molecule has 0 aliphatic rings. The largest absolute Gasteiger partial charge is 0.330 e. The van der Waals surface area contributed by atoms with Crippen molar-refractivity contribution in [2.24, 2.45) is 28.4 Å². The minimum absolute atomic E-state index is 0.360. The second-order valence-electron chi connectivity index (χ2n) is 6.84. The van der Waals surface area contributed by atoms with Gasteiger partial charge in [0.15, 0.2) is 0 Å². The van der Waals surface area contributed by atoms with Crippen molar-refractivity contribution in [3.05, 3.63) is 0 Å². The summed E-state index contributed by atoms with van der Waals surface area (Å²) in [5.41, 5.74) is 6.53. The zero-order chi connectivity index (χ0) is 13.0. The maximum atomic E-state index is 5.77. The van der Waals surface area contributed by atoms with Crippen LogP contribution in [0, 0.1) is 22.7 Å². The molecule has 16 heavy (non-hydrogen) atoms. The molecule has 0 saturated heterocycles. The average Bonchev–Trinajstić information content (AvgIpc) is 2.13. The molecule has 0 spiro atoms. The molecular weight excluding hydrogens is 194 g/mol. The first-order chi connectivity index (χ1) is 7.20. The van der Waals surface area contributed by atoms with Crippen LogP contribution in [0.5, 0.6) is 0 Å². The van der Waals surface area contributed by atoms with Crippen molar-refractivity contribution >= 4 is 0 Å². The summed E-state index contributed by atoms with van der Waals surface area (Å²) in [6, 6.07) is 0. The van der Waals surface area contributed by atoms with E-state index in [0.717, 1.165) is 24.8 Å². The van der Waals surface area contributed by atoms with Gasteiger partial charge in [0.25, 0.3) is 0 Å². The second-order valence-corrected chi connectivity index (χ2v) is 6.84. The zero-order valence-corrected chi connectivity index (χ0v) is 12.6. The Hall–Kier alpha value is -0.0400. The van der Waals surface area contributed by atoms with E-state index in [-0.39, 0.29) is 0 Å². The van der Waals surface area contributed by atoms with Gasteiger partial charge in [0.2, 0.25) is 0 Å². The van der Waals surface area contributed by atoms with Gasteiger partial charge >= 0.3 is 0 Å². The lowest BCUT2D eigenvalue weighted by atomic mass is 9.58. The predicted molar refractivity (Wildman–Crippen MR) is 74.5 cm³/mol. The quantitative estimate of drug-likeness (QED) is 0.683. The molecule has 1 unspecified atom stereocenters. The highest BCUT2D eigenvalue weighted by Crippen LogP contribution is 2.48. The molecule has 98 valence electrons. The fourth-order valence-corrected chi connectivity index (χ4v) is 3.01. The van der Waals surface area contributed by atoms with E-state index in [1.807, 2.05) is 0 Å². The van der Waals surface area contributed by atoms with Crippen LogP contribution in [0.4, 0.5) is 0 Å². The van der Waals surface area contributed by atoms with Crippen molar-refractivity contribution in [3.8, 4) is 0 Å². The normalized spacial score (nSPS) is 15.6. The topological polar surface area (TPSA) is 26.0 Å². The van der Waals surface area contributed by atoms with Crippen molar-refractivity contribution < 1.29 is 0 Å². The monoisotopic (exact) mass is 227 g/mol. The first-order valence-corrected chi connectivity index (χ1v) is 6.90. The summed E-state index contributed by atoms with van der Waals surface area (Å²) < 4.78 is 0. The maximum absolute atomic E-state index is 5.77. The van der Waals surface area contributed by atoms with Gasteiger partial charge in [-0.05, 0) is 42.1 Å². The van der Waals surface area contributed by atoms with Gasteiger partial charge in [0.1, 0.15) is 0 Å². The van der Waals surface area contributed by atoms with Gasteiger partial charge in [-0.25, -0.2) is 0 Å². The van der Waals surface area contributed by atoms with E-state index >= 15 is 0 Å². The summed E-state index contributed by atoms with van der Waals surface area (Å²) in [5.74, 6) is 1.48. The molecule has 0 aromatic carbocycles. The predicted octanol–water partition coefficient (Wildman–Crippen LogP) is 4.46. The van der Waals surface area contributed by atoms with E-state index in [1.165, 1.54) is 12.8 Å². The van der Waals surface area contributed by atoms with Crippen LogP contribution in [0.3, 0.4) is 0 Å². The van der Waals surface area contributed by atoms with E-state index in [9.17, 15) is 0 Å². The van der Waals surface area contributed by atoms with E-state index in [1.54, 1.807) is 0 Å². The van der Waals surface area contributed by atoms with Gasteiger partial charge in [0.05, 0.1) is 0 Å². The van der Waals surface area contributed by atoms with Crippen LogP contribution in [-0.4, -0.2) is 6.54 Å². The standard InChI is InChI=1S/C15H33N/c1-8-9-13(14(4,5)10-11-16)15(6,7)12(2)3/h12-13H,8-11,16H2,1-7H3. The molecule has 1 atom stereocenters. The Morgan fingerprint density at radius 1 is 1.06 bits per heavy atom. The minimum atomic E-state index is 0.360. The first kappa shape index (κ1) is 16.0. The fraction of sp³-hybridized carbons (Fsp3) is 1.00. The molecule has 0 aromatic heterocycles. The Bertz CT molecular complexity index is 192. The molecule has 0 aromatic rings. The molecule has 0 saturated carbocycles. The summed E-state index contributed by atoms with van der Waals surface area (Å²) in [5, 5.41) is 0. The molecule has 0 radical (unpaired) electrons. The molecule has 0 amide bonds. The summed E-state index contributed by atoms with van der Waals surface area (Å²) in [6.45, 7) is 17.4. The molecule has 0 aliphatic heterocycles. The summed E-state index contributed by atoms with van der Waals surface area (Å²) in [6.07, 6.45) is 3.72. The maximum Gasteiger partial charge on any atom is -0.00721 e. The van der Waals surface area contributed by atoms with Crippen LogP contribution in [0.25, 0.3) is 0 Å². The van der Waals surface area contributed by atoms with Crippen molar-refractivity contribution in [1.82, 2.24) is 0 Å². The molecule has 2 N–H and O–H groups in total. The van der Waals surface area contributed by atoms with Crippen LogP contribution in [-0.2, 0) is 0 Å². The van der Waals surface area contributed by atoms with Crippen LogP contribution >= 0.6 is 0 Å². The second kappa shape index (κ2) is 6.05. The van der Waals surface area contributed by atoms with E-state index in [4.69, 9.17) is 5.73 Å². The highest BCUT2D eigenvalue weighted by molar-refractivity contribution is 4.90. The minimum Gasteiger partial charge on any atom is -0.330 e. The third-order valence-electron chi connectivity index (χ3n) is 4.70. The summed E-state index contributed by atoms with van der Waals surface area (Å²) in [4.78, 5) is 0. The van der Waals surface area contributed by atoms with Crippen LogP contribution < -0.4 is 5.73 Å². The molecule has 1 heteroatoms. The molecule has 0 bridgehead atoms. The summed E-state index contributed by atoms with van der Waals surface area (Å²) >= 11 is 0. The van der Waals surface area contributed by atoms with Gasteiger partial charge in [-0.3, -0.25) is 0 Å². The summed E-state index contributed by atoms with van der Waals surface area (Å²) in [7, 11) is 0. The average molecular weight is 227 g/mol. The lowest BCUT2D eigenvalue weighted by Gasteiger charge is -2.47. The third kappa shape index (κ3) is 3.76. The Kier molecular flexibility index (Phi) is 6.03. The molecule has 0 aliphatic carbocycles. The highest BCUT2D eigenvalue weighted by Gasteiger charge is 2.40. The van der Waals surface area contributed by atoms with Crippen molar-refractivity contribution in [3.63, 3.8) is 0 Å². The van der Waals surface area contributed by atoms with Crippen molar-refractivity contribution in [2.45, 2.75) is 67.7 Å². The third-order valence-corrected chi connectivity index (χ3v) is 4.70. The number of hydrogen-bond acceptors (Lipinski definition) is 1. The Balaban J connectivity index is 4.98. The molecule has 0 heterocycles. The molecule has 1 nitrogen and oxygen atoms in total. The van der Waals surface area contributed by atoms with Gasteiger partial charge in [-0.2, -0.15) is 0 Å². The van der Waals surface area contributed by atoms with Crippen LogP contribution in [0.15, 0.2) is 0 Å². The van der Waals surface area contributed by atoms with Gasteiger partial charge in [0, 0.05) is 0 Å². The van der Waals surface area contributed by atoms with Crippen molar-refractivity contribution in [2.75, 3.05) is 6.54 Å². The van der Waals surface area contributed by atoms with Crippen molar-refractivity contribution in [1.29, 1.82) is 0 Å². The van der Waals surface area contributed by atoms with Gasteiger partial charge in [-0.1, -0.05) is 54.9 Å². The molecular formula is C15H33N. The Labute approximate surface area is 103 Å². The zero-order valence-electron chi connectivity index (χ0n) is 12.6. The highest BCUT2D eigenvalue weighted by atomic mass is 14.6. The lowest BCUT2D eigenvalue weighted by molar-refractivity contribution is 0.0226. The van der Waals surface area contributed by atoms with Gasteiger partial charge < -0.3 is 5.73 Å². The Morgan fingerprint density at radius 2 is 1.56 bits per heavy atom. The fourth-order valence-electron chi connectivity index (χ4n) is 3.01. The van der Waals surface area contributed by atoms with E-state index in [0.29, 0.717) is 10.8 Å². The molecule has 0 rings (SSSR count). The Morgan fingerprint density at radius 3 is 1.88 bits per heavy atom. The van der Waals surface area contributed by atoms with E-state index in [2.05, 4.69) is 48.5 Å². The lowest BCUT2D eigenvalue weighted by Crippen LogP contribution is -2.40.